The molecule has 4 aromatic rings. The van der Waals surface area contributed by atoms with Crippen molar-refractivity contribution in [2.75, 3.05) is 51.1 Å². The number of nitrogens with one attached hydrogen (secondary N) is 1. The van der Waals surface area contributed by atoms with Crippen LogP contribution in [0.4, 0.5) is 5.69 Å². The van der Waals surface area contributed by atoms with Crippen molar-refractivity contribution in [3.05, 3.63) is 52.8 Å². The standard InChI is InChI=1S/C22H24N6O2/c1-26-8-10-27(11-9-26)14-6-7-17-18(12-14)25-21(24-17)16-13-15-19(28(23)22(16)29)4-3-5-20(15)30-2/h3-7,12-13H,8-11,23H2,1-2H3,(H,24,25). The average molecular weight is 404 g/mol. The van der Waals surface area contributed by atoms with Crippen molar-refractivity contribution in [3.8, 4) is 17.1 Å². The number of aromatic amines is 1. The van der Waals surface area contributed by atoms with Crippen molar-refractivity contribution in [2.45, 2.75) is 0 Å². The Morgan fingerprint density at radius 1 is 1.10 bits per heavy atom. The van der Waals surface area contributed by atoms with Crippen molar-refractivity contribution in [3.63, 3.8) is 0 Å². The smallest absolute Gasteiger partial charge is 0.280 e. The van der Waals surface area contributed by atoms with E-state index in [1.807, 2.05) is 18.2 Å². The van der Waals surface area contributed by atoms with Crippen LogP contribution in [0.1, 0.15) is 0 Å². The van der Waals surface area contributed by atoms with Crippen molar-refractivity contribution in [2.24, 2.45) is 0 Å². The number of fused-ring (bicyclic) bond motifs is 2. The third-order valence-electron chi connectivity index (χ3n) is 5.85. The second-order valence-electron chi connectivity index (χ2n) is 7.70. The van der Waals surface area contributed by atoms with Gasteiger partial charge in [0.05, 0.1) is 29.2 Å². The molecular weight excluding hydrogens is 380 g/mol. The van der Waals surface area contributed by atoms with Gasteiger partial charge in [0.15, 0.2) is 0 Å². The van der Waals surface area contributed by atoms with E-state index in [9.17, 15) is 4.79 Å². The second-order valence-corrected chi connectivity index (χ2v) is 7.70. The zero-order chi connectivity index (χ0) is 20.8. The first-order valence-corrected chi connectivity index (χ1v) is 9.96. The number of piperazine rings is 1. The first kappa shape index (κ1) is 18.5. The molecule has 0 saturated carbocycles. The van der Waals surface area contributed by atoms with Crippen molar-refractivity contribution >= 4 is 27.6 Å². The number of H-pyrrole nitrogens is 1. The van der Waals surface area contributed by atoms with Gasteiger partial charge in [-0.05, 0) is 43.4 Å². The van der Waals surface area contributed by atoms with Crippen LogP contribution >= 0.6 is 0 Å². The molecule has 0 spiro atoms. The van der Waals surface area contributed by atoms with E-state index in [0.717, 1.165) is 53.0 Å². The summed E-state index contributed by atoms with van der Waals surface area (Å²) in [6, 6.07) is 13.4. The fourth-order valence-electron chi connectivity index (χ4n) is 4.07. The van der Waals surface area contributed by atoms with Gasteiger partial charge in [-0.2, -0.15) is 0 Å². The maximum atomic E-state index is 12.9. The van der Waals surface area contributed by atoms with Crippen molar-refractivity contribution in [1.82, 2.24) is 19.5 Å². The Hall–Kier alpha value is -3.52. The maximum absolute atomic E-state index is 12.9. The van der Waals surface area contributed by atoms with Gasteiger partial charge in [-0.25, -0.2) is 9.66 Å². The van der Waals surface area contributed by atoms with Gasteiger partial charge in [0, 0.05) is 37.3 Å². The van der Waals surface area contributed by atoms with Gasteiger partial charge in [0.25, 0.3) is 5.56 Å². The largest absolute Gasteiger partial charge is 0.496 e. The number of imidazole rings is 1. The van der Waals surface area contributed by atoms with Gasteiger partial charge in [-0.15, -0.1) is 0 Å². The molecule has 1 saturated heterocycles. The molecule has 0 aliphatic carbocycles. The summed E-state index contributed by atoms with van der Waals surface area (Å²) < 4.78 is 6.60. The van der Waals surface area contributed by atoms with Crippen LogP contribution in [-0.2, 0) is 0 Å². The van der Waals surface area contributed by atoms with E-state index in [1.165, 1.54) is 0 Å². The van der Waals surface area contributed by atoms with Crippen LogP contribution in [0.2, 0.25) is 0 Å². The molecule has 0 atom stereocenters. The van der Waals surface area contributed by atoms with Crippen LogP contribution in [0.25, 0.3) is 33.3 Å². The summed E-state index contributed by atoms with van der Waals surface area (Å²) in [5.74, 6) is 7.26. The Bertz CT molecular complexity index is 1300. The van der Waals surface area contributed by atoms with Crippen LogP contribution in [-0.4, -0.2) is 59.9 Å². The Labute approximate surface area is 173 Å². The monoisotopic (exact) mass is 404 g/mol. The van der Waals surface area contributed by atoms with E-state index in [2.05, 4.69) is 38.9 Å². The minimum absolute atomic E-state index is 0.311. The Kier molecular flexibility index (Phi) is 4.36. The fourth-order valence-corrected chi connectivity index (χ4v) is 4.07. The SMILES string of the molecule is COc1cccc2c1cc(-c1nc3ccc(N4CCN(C)CC4)cc3[nH]1)c(=O)n2N. The summed E-state index contributed by atoms with van der Waals surface area (Å²) in [5.41, 5.74) is 3.57. The van der Waals surface area contributed by atoms with Crippen LogP contribution < -0.4 is 21.0 Å². The van der Waals surface area contributed by atoms with E-state index < -0.39 is 0 Å². The minimum Gasteiger partial charge on any atom is -0.496 e. The molecule has 30 heavy (non-hydrogen) atoms. The molecule has 2 aromatic heterocycles. The number of hydrogen-bond acceptors (Lipinski definition) is 6. The Balaban J connectivity index is 1.60. The zero-order valence-corrected chi connectivity index (χ0v) is 17.1. The molecule has 1 aliphatic heterocycles. The zero-order valence-electron chi connectivity index (χ0n) is 17.1. The lowest BCUT2D eigenvalue weighted by Crippen LogP contribution is -2.44. The number of hydrogen-bond donors (Lipinski definition) is 2. The molecule has 5 rings (SSSR count). The molecule has 154 valence electrons. The summed E-state index contributed by atoms with van der Waals surface area (Å²) >= 11 is 0. The third-order valence-corrected chi connectivity index (χ3v) is 5.85. The summed E-state index contributed by atoms with van der Waals surface area (Å²) in [5, 5.41) is 0.760. The summed E-state index contributed by atoms with van der Waals surface area (Å²) in [7, 11) is 3.74. The highest BCUT2D eigenvalue weighted by atomic mass is 16.5. The first-order valence-electron chi connectivity index (χ1n) is 9.96. The van der Waals surface area contributed by atoms with Gasteiger partial charge in [-0.1, -0.05) is 6.07 Å². The molecule has 3 heterocycles. The summed E-state index contributed by atoms with van der Waals surface area (Å²) in [6.07, 6.45) is 0. The molecule has 0 bridgehead atoms. The molecule has 1 fully saturated rings. The van der Waals surface area contributed by atoms with E-state index in [0.29, 0.717) is 22.7 Å². The Morgan fingerprint density at radius 2 is 1.90 bits per heavy atom. The quantitative estimate of drug-likeness (QED) is 0.508. The summed E-state index contributed by atoms with van der Waals surface area (Å²) in [6.45, 7) is 4.07. The number of anilines is 1. The van der Waals surface area contributed by atoms with Crippen LogP contribution in [0.3, 0.4) is 0 Å². The fraction of sp³-hybridized carbons (Fsp3) is 0.273. The number of benzene rings is 2. The highest BCUT2D eigenvalue weighted by molar-refractivity contribution is 5.90. The lowest BCUT2D eigenvalue weighted by Gasteiger charge is -2.34. The number of rotatable bonds is 3. The van der Waals surface area contributed by atoms with E-state index in [1.54, 1.807) is 19.2 Å². The van der Waals surface area contributed by atoms with Crippen LogP contribution in [0, 0.1) is 0 Å². The van der Waals surface area contributed by atoms with E-state index in [4.69, 9.17) is 10.6 Å². The minimum atomic E-state index is -0.311. The van der Waals surface area contributed by atoms with Crippen molar-refractivity contribution < 1.29 is 4.74 Å². The number of nitrogen functional groups attached to an aromatic ring is 1. The molecule has 0 amide bonds. The number of nitrogens with two attached hydrogens (primary N) is 1. The van der Waals surface area contributed by atoms with Crippen LogP contribution in [0.15, 0.2) is 47.3 Å². The van der Waals surface area contributed by atoms with Gasteiger partial charge >= 0.3 is 0 Å². The molecule has 0 unspecified atom stereocenters. The predicted octanol–water partition coefficient (Wildman–Crippen LogP) is 2.02. The number of likely N-dealkylation sites (N-methyl/N-ethyl adjacent to an activating group) is 1. The van der Waals surface area contributed by atoms with Gasteiger partial charge < -0.3 is 25.4 Å². The molecular formula is C22H24N6O2. The molecule has 0 radical (unpaired) electrons. The predicted molar refractivity (Wildman–Crippen MR) is 120 cm³/mol. The highest BCUT2D eigenvalue weighted by Crippen LogP contribution is 2.28. The Morgan fingerprint density at radius 3 is 2.67 bits per heavy atom. The highest BCUT2D eigenvalue weighted by Gasteiger charge is 2.18. The third kappa shape index (κ3) is 2.96. The van der Waals surface area contributed by atoms with E-state index in [-0.39, 0.29) is 5.56 Å². The second kappa shape index (κ2) is 7.07. The number of methoxy groups -OCH3 is 1. The van der Waals surface area contributed by atoms with Crippen molar-refractivity contribution in [1.29, 1.82) is 0 Å². The molecule has 8 nitrogen and oxygen atoms in total. The number of ether oxygens (including phenoxy) is 1. The van der Waals surface area contributed by atoms with Gasteiger partial charge in [-0.3, -0.25) is 4.79 Å². The molecule has 2 aromatic carbocycles. The molecule has 8 heteroatoms. The topological polar surface area (TPSA) is 92.4 Å². The van der Waals surface area contributed by atoms with Gasteiger partial charge in [0.2, 0.25) is 0 Å². The maximum Gasteiger partial charge on any atom is 0.280 e. The lowest BCUT2D eigenvalue weighted by molar-refractivity contribution is 0.313. The average Bonchev–Trinajstić information content (AvgIpc) is 3.19. The number of pyridine rings is 1. The lowest BCUT2D eigenvalue weighted by atomic mass is 10.1. The molecule has 3 N–H and O–H groups in total. The first-order chi connectivity index (χ1) is 14.5. The normalized spacial score (nSPS) is 15.2. The number of nitrogens with zero attached hydrogens (tertiary/aromatic N) is 4. The van der Waals surface area contributed by atoms with E-state index >= 15 is 0 Å². The van der Waals surface area contributed by atoms with Gasteiger partial charge in [0.1, 0.15) is 11.6 Å². The summed E-state index contributed by atoms with van der Waals surface area (Å²) in [4.78, 5) is 25.6. The number of aromatic nitrogens is 3. The van der Waals surface area contributed by atoms with Crippen LogP contribution in [0.5, 0.6) is 5.75 Å². The molecule has 1 aliphatic rings.